The van der Waals surface area contributed by atoms with Gasteiger partial charge in [0.25, 0.3) is 11.8 Å². The molecule has 2 aromatic heterocycles. The molecule has 2 aromatic rings. The smallest absolute Gasteiger partial charge is 0.271 e. The van der Waals surface area contributed by atoms with E-state index in [4.69, 9.17) is 0 Å². The van der Waals surface area contributed by atoms with Crippen molar-refractivity contribution in [1.29, 1.82) is 0 Å². The summed E-state index contributed by atoms with van der Waals surface area (Å²) in [5.74, 6) is -0.508. The highest BCUT2D eigenvalue weighted by Gasteiger charge is 2.25. The Morgan fingerprint density at radius 3 is 2.54 bits per heavy atom. The minimum Gasteiger partial charge on any atom is -0.348 e. The Bertz CT molecular complexity index is 800. The van der Waals surface area contributed by atoms with Crippen LogP contribution in [0.1, 0.15) is 40.6 Å². The number of hydrogen-bond acceptors (Lipinski definition) is 6. The van der Waals surface area contributed by atoms with Crippen LogP contribution in [0.15, 0.2) is 29.9 Å². The Kier molecular flexibility index (Phi) is 5.57. The quantitative estimate of drug-likeness (QED) is 0.846. The Labute approximate surface area is 154 Å². The van der Waals surface area contributed by atoms with E-state index in [1.807, 2.05) is 0 Å². The number of nitrogens with one attached hydrogen (secondary N) is 2. The maximum absolute atomic E-state index is 12.4. The summed E-state index contributed by atoms with van der Waals surface area (Å²) in [5, 5.41) is 7.52. The predicted molar refractivity (Wildman–Crippen MR) is 97.0 cm³/mol. The Morgan fingerprint density at radius 2 is 1.88 bits per heavy atom. The third-order valence-electron chi connectivity index (χ3n) is 4.06. The van der Waals surface area contributed by atoms with Crippen molar-refractivity contribution in [2.75, 3.05) is 18.4 Å². The zero-order chi connectivity index (χ0) is 18.5. The lowest BCUT2D eigenvalue weighted by Crippen LogP contribution is -2.46. The number of aromatic nitrogens is 2. The number of thiazole rings is 1. The topological polar surface area (TPSA) is 104 Å². The van der Waals surface area contributed by atoms with Crippen molar-refractivity contribution in [3.63, 3.8) is 0 Å². The molecule has 9 heteroatoms. The van der Waals surface area contributed by atoms with Crippen LogP contribution < -0.4 is 10.6 Å². The minimum absolute atomic E-state index is 0.00472. The molecule has 3 amide bonds. The molecule has 1 aliphatic heterocycles. The van der Waals surface area contributed by atoms with Gasteiger partial charge in [0.15, 0.2) is 5.13 Å². The van der Waals surface area contributed by atoms with Crippen LogP contribution >= 0.6 is 11.3 Å². The van der Waals surface area contributed by atoms with Gasteiger partial charge in [0, 0.05) is 49.4 Å². The lowest BCUT2D eigenvalue weighted by atomic mass is 10.0. The highest BCUT2D eigenvalue weighted by atomic mass is 32.1. The molecule has 2 N–H and O–H groups in total. The fourth-order valence-corrected chi connectivity index (χ4v) is 3.49. The van der Waals surface area contributed by atoms with E-state index in [1.54, 1.807) is 34.8 Å². The van der Waals surface area contributed by atoms with Crippen LogP contribution in [0.25, 0.3) is 0 Å². The number of rotatable bonds is 4. The van der Waals surface area contributed by atoms with E-state index < -0.39 is 0 Å². The van der Waals surface area contributed by atoms with E-state index in [0.717, 1.165) is 0 Å². The number of carbonyl (C=O) groups is 3. The molecule has 0 unspecified atom stereocenters. The molecule has 136 valence electrons. The highest BCUT2D eigenvalue weighted by molar-refractivity contribution is 7.14. The summed E-state index contributed by atoms with van der Waals surface area (Å²) in [6.45, 7) is 2.56. The monoisotopic (exact) mass is 373 g/mol. The molecule has 0 bridgehead atoms. The van der Waals surface area contributed by atoms with E-state index in [-0.39, 0.29) is 29.5 Å². The molecule has 8 nitrogen and oxygen atoms in total. The summed E-state index contributed by atoms with van der Waals surface area (Å²) in [6, 6.07) is 3.39. The molecule has 26 heavy (non-hydrogen) atoms. The van der Waals surface area contributed by atoms with Crippen LogP contribution in [-0.4, -0.2) is 51.7 Å². The van der Waals surface area contributed by atoms with Gasteiger partial charge in [-0.25, -0.2) is 4.98 Å². The van der Waals surface area contributed by atoms with Crippen LogP contribution in [0, 0.1) is 0 Å². The Hall–Kier alpha value is -2.81. The predicted octanol–water partition coefficient (Wildman–Crippen LogP) is 1.53. The molecule has 0 saturated carbocycles. The van der Waals surface area contributed by atoms with Crippen molar-refractivity contribution in [3.8, 4) is 0 Å². The molecule has 1 aliphatic rings. The SMILES string of the molecule is CC(=O)Nc1nc(C(=O)NC2CCN(C(=O)c3ccncc3)CC2)cs1. The first kappa shape index (κ1) is 18.0. The molecule has 3 rings (SSSR count). The number of amides is 3. The summed E-state index contributed by atoms with van der Waals surface area (Å²) < 4.78 is 0. The number of carbonyl (C=O) groups excluding carboxylic acids is 3. The van der Waals surface area contributed by atoms with E-state index >= 15 is 0 Å². The number of anilines is 1. The van der Waals surface area contributed by atoms with Gasteiger partial charge in [-0.1, -0.05) is 0 Å². The first-order chi connectivity index (χ1) is 12.5. The second-order valence-corrected chi connectivity index (χ2v) is 6.85. The van der Waals surface area contributed by atoms with Crippen molar-refractivity contribution < 1.29 is 14.4 Å². The summed E-state index contributed by atoms with van der Waals surface area (Å²) in [4.78, 5) is 45.5. The standard InChI is InChI=1S/C17H19N5O3S/c1-11(23)19-17-21-14(10-26-17)15(24)20-13-4-8-22(9-5-13)16(25)12-2-6-18-7-3-12/h2-3,6-7,10,13H,4-5,8-9H2,1H3,(H,20,24)(H,19,21,23). The summed E-state index contributed by atoms with van der Waals surface area (Å²) in [5.41, 5.74) is 0.907. The number of likely N-dealkylation sites (tertiary alicyclic amines) is 1. The zero-order valence-corrected chi connectivity index (χ0v) is 15.1. The van der Waals surface area contributed by atoms with Gasteiger partial charge in [0.1, 0.15) is 5.69 Å². The Morgan fingerprint density at radius 1 is 1.19 bits per heavy atom. The molecule has 0 radical (unpaired) electrons. The van der Waals surface area contributed by atoms with E-state index in [2.05, 4.69) is 20.6 Å². The third kappa shape index (κ3) is 4.42. The maximum atomic E-state index is 12.4. The largest absolute Gasteiger partial charge is 0.348 e. The van der Waals surface area contributed by atoms with Gasteiger partial charge in [-0.2, -0.15) is 0 Å². The summed E-state index contributed by atoms with van der Waals surface area (Å²) in [7, 11) is 0. The number of piperidine rings is 1. The molecule has 0 aliphatic carbocycles. The number of hydrogen-bond donors (Lipinski definition) is 2. The van der Waals surface area contributed by atoms with Crippen molar-refractivity contribution in [3.05, 3.63) is 41.2 Å². The Balaban J connectivity index is 1.50. The fourth-order valence-electron chi connectivity index (χ4n) is 2.75. The first-order valence-corrected chi connectivity index (χ1v) is 9.14. The maximum Gasteiger partial charge on any atom is 0.271 e. The van der Waals surface area contributed by atoms with Crippen LogP contribution in [0.5, 0.6) is 0 Å². The van der Waals surface area contributed by atoms with Crippen molar-refractivity contribution >= 4 is 34.2 Å². The number of pyridine rings is 1. The zero-order valence-electron chi connectivity index (χ0n) is 14.3. The molecule has 1 fully saturated rings. The molecule has 1 saturated heterocycles. The number of nitrogens with zero attached hydrogens (tertiary/aromatic N) is 3. The van der Waals surface area contributed by atoms with Gasteiger partial charge in [-0.15, -0.1) is 11.3 Å². The minimum atomic E-state index is -0.267. The molecule has 0 spiro atoms. The van der Waals surface area contributed by atoms with Crippen molar-refractivity contribution in [2.45, 2.75) is 25.8 Å². The average Bonchev–Trinajstić information content (AvgIpc) is 3.10. The van der Waals surface area contributed by atoms with E-state index in [9.17, 15) is 14.4 Å². The van der Waals surface area contributed by atoms with E-state index in [0.29, 0.717) is 36.6 Å². The molecular weight excluding hydrogens is 354 g/mol. The van der Waals surface area contributed by atoms with Crippen molar-refractivity contribution in [1.82, 2.24) is 20.2 Å². The third-order valence-corrected chi connectivity index (χ3v) is 4.82. The van der Waals surface area contributed by atoms with Gasteiger partial charge >= 0.3 is 0 Å². The summed E-state index contributed by atoms with van der Waals surface area (Å²) >= 11 is 1.21. The highest BCUT2D eigenvalue weighted by Crippen LogP contribution is 2.17. The molecule has 0 atom stereocenters. The van der Waals surface area contributed by atoms with Gasteiger partial charge in [-0.05, 0) is 25.0 Å². The second kappa shape index (κ2) is 8.05. The van der Waals surface area contributed by atoms with Gasteiger partial charge in [0.05, 0.1) is 0 Å². The lowest BCUT2D eigenvalue weighted by molar-refractivity contribution is -0.114. The van der Waals surface area contributed by atoms with Crippen molar-refractivity contribution in [2.24, 2.45) is 0 Å². The molecule has 0 aromatic carbocycles. The molecular formula is C17H19N5O3S. The summed E-state index contributed by atoms with van der Waals surface area (Å²) in [6.07, 6.45) is 4.57. The van der Waals surface area contributed by atoms with Crippen LogP contribution in [0.4, 0.5) is 5.13 Å². The fraction of sp³-hybridized carbons (Fsp3) is 0.353. The second-order valence-electron chi connectivity index (χ2n) is 5.99. The normalized spacial score (nSPS) is 14.7. The van der Waals surface area contributed by atoms with Gasteiger partial charge in [-0.3, -0.25) is 19.4 Å². The van der Waals surface area contributed by atoms with Crippen LogP contribution in [-0.2, 0) is 4.79 Å². The van der Waals surface area contributed by atoms with Gasteiger partial charge < -0.3 is 15.5 Å². The van der Waals surface area contributed by atoms with E-state index in [1.165, 1.54) is 18.3 Å². The average molecular weight is 373 g/mol. The van der Waals surface area contributed by atoms with Crippen LogP contribution in [0.2, 0.25) is 0 Å². The molecule has 3 heterocycles. The van der Waals surface area contributed by atoms with Crippen LogP contribution in [0.3, 0.4) is 0 Å². The van der Waals surface area contributed by atoms with Gasteiger partial charge in [0.2, 0.25) is 5.91 Å². The lowest BCUT2D eigenvalue weighted by Gasteiger charge is -2.32. The first-order valence-electron chi connectivity index (χ1n) is 8.26.